The molecule has 0 radical (unpaired) electrons. The van der Waals surface area contributed by atoms with Gasteiger partial charge in [-0.05, 0) is 96.1 Å². The molecule has 0 aliphatic heterocycles. The molecule has 0 atom stereocenters. The second kappa shape index (κ2) is 15.5. The van der Waals surface area contributed by atoms with Crippen LogP contribution in [0.15, 0.2) is 97.1 Å². The normalized spacial score (nSPS) is 10.6. The zero-order valence-corrected chi connectivity index (χ0v) is 23.6. The van der Waals surface area contributed by atoms with Gasteiger partial charge in [0.2, 0.25) is 0 Å². The molecular formula is C34H30F2O6. The Labute approximate surface area is 243 Å². The molecule has 0 saturated heterocycles. The topological polar surface area (TPSA) is 71.1 Å². The van der Waals surface area contributed by atoms with Crippen molar-refractivity contribution in [3.05, 3.63) is 131 Å². The summed E-state index contributed by atoms with van der Waals surface area (Å²) in [6, 6.07) is 21.6. The molecule has 0 bridgehead atoms. The summed E-state index contributed by atoms with van der Waals surface area (Å²) in [4.78, 5) is 23.9. The predicted octanol–water partition coefficient (Wildman–Crippen LogP) is 7.48. The van der Waals surface area contributed by atoms with E-state index in [1.54, 1.807) is 64.9 Å². The van der Waals surface area contributed by atoms with E-state index in [2.05, 4.69) is 0 Å². The second-order valence-corrected chi connectivity index (χ2v) is 8.64. The van der Waals surface area contributed by atoms with Gasteiger partial charge in [-0.3, -0.25) is 9.59 Å². The van der Waals surface area contributed by atoms with E-state index >= 15 is 0 Å². The Hall–Kier alpha value is -5.24. The van der Waals surface area contributed by atoms with Crippen LogP contribution in [0.3, 0.4) is 0 Å². The van der Waals surface area contributed by atoms with Crippen LogP contribution in [-0.2, 0) is 0 Å². The minimum Gasteiger partial charge on any atom is -0.493 e. The molecule has 6 nitrogen and oxygen atoms in total. The van der Waals surface area contributed by atoms with E-state index in [-0.39, 0.29) is 23.2 Å². The van der Waals surface area contributed by atoms with Crippen LogP contribution in [0.5, 0.6) is 23.0 Å². The van der Waals surface area contributed by atoms with Crippen molar-refractivity contribution in [1.29, 1.82) is 0 Å². The number of benzene rings is 4. The fraction of sp³-hybridized carbons (Fsp3) is 0.118. The Morgan fingerprint density at radius 3 is 1.14 bits per heavy atom. The standard InChI is InChI=1S/2C17H15FO3/c2*1-20-16-10-4-12(11-17(16)21-2)3-9-15(19)13-5-7-14(18)8-6-13/h2*3-11H,1-2H3/b2*9-3+. The lowest BCUT2D eigenvalue weighted by Crippen LogP contribution is -1.94. The van der Waals surface area contributed by atoms with E-state index in [0.717, 1.165) is 11.1 Å². The van der Waals surface area contributed by atoms with E-state index in [1.165, 1.54) is 60.7 Å². The van der Waals surface area contributed by atoms with Gasteiger partial charge < -0.3 is 18.9 Å². The van der Waals surface area contributed by atoms with Gasteiger partial charge in [-0.25, -0.2) is 8.78 Å². The van der Waals surface area contributed by atoms with E-state index in [0.29, 0.717) is 34.1 Å². The van der Waals surface area contributed by atoms with Crippen LogP contribution < -0.4 is 18.9 Å². The summed E-state index contributed by atoms with van der Waals surface area (Å²) in [6.45, 7) is 0. The first-order chi connectivity index (χ1) is 20.3. The van der Waals surface area contributed by atoms with Crippen molar-refractivity contribution < 1.29 is 37.3 Å². The number of carbonyl (C=O) groups is 2. The highest BCUT2D eigenvalue weighted by Gasteiger charge is 2.06. The van der Waals surface area contributed by atoms with Crippen LogP contribution in [0, 0.1) is 11.6 Å². The molecule has 216 valence electrons. The smallest absolute Gasteiger partial charge is 0.185 e. The maximum Gasteiger partial charge on any atom is 0.185 e. The highest BCUT2D eigenvalue weighted by atomic mass is 19.1. The first-order valence-corrected chi connectivity index (χ1v) is 12.7. The van der Waals surface area contributed by atoms with Gasteiger partial charge in [0.15, 0.2) is 34.6 Å². The van der Waals surface area contributed by atoms with E-state index in [4.69, 9.17) is 18.9 Å². The summed E-state index contributed by atoms with van der Waals surface area (Å²) in [7, 11) is 6.22. The summed E-state index contributed by atoms with van der Waals surface area (Å²) >= 11 is 0. The van der Waals surface area contributed by atoms with Gasteiger partial charge in [-0.1, -0.05) is 24.3 Å². The van der Waals surface area contributed by atoms with Gasteiger partial charge in [0.05, 0.1) is 28.4 Å². The lowest BCUT2D eigenvalue weighted by atomic mass is 10.1. The molecular weight excluding hydrogens is 542 g/mol. The van der Waals surface area contributed by atoms with E-state index < -0.39 is 0 Å². The fourth-order valence-electron chi connectivity index (χ4n) is 3.68. The van der Waals surface area contributed by atoms with Crippen LogP contribution in [0.4, 0.5) is 8.78 Å². The third-order valence-electron chi connectivity index (χ3n) is 5.93. The zero-order chi connectivity index (χ0) is 30.5. The van der Waals surface area contributed by atoms with Crippen LogP contribution in [0.25, 0.3) is 12.2 Å². The van der Waals surface area contributed by atoms with Crippen LogP contribution >= 0.6 is 0 Å². The Morgan fingerprint density at radius 2 is 0.833 bits per heavy atom. The van der Waals surface area contributed by atoms with Crippen molar-refractivity contribution in [2.45, 2.75) is 0 Å². The molecule has 0 saturated carbocycles. The number of hydrogen-bond donors (Lipinski definition) is 0. The number of allylic oxidation sites excluding steroid dienone is 2. The number of methoxy groups -OCH3 is 4. The highest BCUT2D eigenvalue weighted by molar-refractivity contribution is 6.07. The molecule has 4 aromatic rings. The summed E-state index contributed by atoms with van der Waals surface area (Å²) in [5.41, 5.74) is 2.49. The summed E-state index contributed by atoms with van der Waals surface area (Å²) in [5, 5.41) is 0. The lowest BCUT2D eigenvalue weighted by molar-refractivity contribution is 0.103. The van der Waals surface area contributed by atoms with E-state index in [9.17, 15) is 18.4 Å². The van der Waals surface area contributed by atoms with Gasteiger partial charge in [0.1, 0.15) is 11.6 Å². The second-order valence-electron chi connectivity index (χ2n) is 8.64. The third-order valence-corrected chi connectivity index (χ3v) is 5.93. The van der Waals surface area contributed by atoms with Crippen LogP contribution in [0.2, 0.25) is 0 Å². The predicted molar refractivity (Wildman–Crippen MR) is 159 cm³/mol. The Morgan fingerprint density at radius 1 is 0.500 bits per heavy atom. The van der Waals surface area contributed by atoms with Gasteiger partial charge in [0, 0.05) is 11.1 Å². The molecule has 0 unspecified atom stereocenters. The van der Waals surface area contributed by atoms with Gasteiger partial charge in [-0.15, -0.1) is 0 Å². The molecule has 0 N–H and O–H groups in total. The number of rotatable bonds is 10. The molecule has 0 spiro atoms. The molecule has 0 fully saturated rings. The molecule has 0 amide bonds. The monoisotopic (exact) mass is 572 g/mol. The molecule has 0 aliphatic rings. The van der Waals surface area contributed by atoms with E-state index in [1.807, 2.05) is 12.1 Å². The number of carbonyl (C=O) groups excluding carboxylic acids is 2. The van der Waals surface area contributed by atoms with Crippen molar-refractivity contribution >= 4 is 23.7 Å². The fourth-order valence-corrected chi connectivity index (χ4v) is 3.68. The van der Waals surface area contributed by atoms with Crippen molar-refractivity contribution in [3.8, 4) is 23.0 Å². The van der Waals surface area contributed by atoms with Crippen molar-refractivity contribution in [2.24, 2.45) is 0 Å². The van der Waals surface area contributed by atoms with Gasteiger partial charge in [-0.2, -0.15) is 0 Å². The zero-order valence-electron chi connectivity index (χ0n) is 23.6. The molecule has 8 heteroatoms. The minimum absolute atomic E-state index is 0.190. The Bertz CT molecular complexity index is 1440. The molecule has 0 aliphatic carbocycles. The maximum absolute atomic E-state index is 12.8. The van der Waals surface area contributed by atoms with Crippen molar-refractivity contribution in [2.75, 3.05) is 28.4 Å². The number of hydrogen-bond acceptors (Lipinski definition) is 6. The SMILES string of the molecule is COc1ccc(/C=C/C(=O)c2ccc(F)cc2)cc1OC.COc1ccc(/C=C/C(=O)c2ccc(F)cc2)cc1OC. The highest BCUT2D eigenvalue weighted by Crippen LogP contribution is 2.29. The molecule has 4 rings (SSSR count). The van der Waals surface area contributed by atoms with Gasteiger partial charge in [0.25, 0.3) is 0 Å². The number of halogens is 2. The summed E-state index contributed by atoms with van der Waals surface area (Å²) in [5.74, 6) is 1.32. The third kappa shape index (κ3) is 8.89. The first kappa shape index (κ1) is 31.3. The summed E-state index contributed by atoms with van der Waals surface area (Å²) in [6.07, 6.45) is 6.23. The maximum atomic E-state index is 12.8. The summed E-state index contributed by atoms with van der Waals surface area (Å²) < 4.78 is 46.3. The Balaban J connectivity index is 0.000000230. The average molecular weight is 573 g/mol. The number of ether oxygens (including phenoxy) is 4. The molecule has 42 heavy (non-hydrogen) atoms. The van der Waals surface area contributed by atoms with Crippen LogP contribution in [-0.4, -0.2) is 40.0 Å². The molecule has 0 heterocycles. The molecule has 4 aromatic carbocycles. The minimum atomic E-state index is -0.365. The van der Waals surface area contributed by atoms with Crippen molar-refractivity contribution in [3.63, 3.8) is 0 Å². The largest absolute Gasteiger partial charge is 0.493 e. The molecule has 0 aromatic heterocycles. The Kier molecular flexibility index (Phi) is 11.6. The lowest BCUT2D eigenvalue weighted by Gasteiger charge is -2.07. The van der Waals surface area contributed by atoms with Crippen molar-refractivity contribution in [1.82, 2.24) is 0 Å². The van der Waals surface area contributed by atoms with Crippen LogP contribution in [0.1, 0.15) is 31.8 Å². The quantitative estimate of drug-likeness (QED) is 0.145. The first-order valence-electron chi connectivity index (χ1n) is 12.7. The average Bonchev–Trinajstić information content (AvgIpc) is 3.03. The number of ketones is 2. The van der Waals surface area contributed by atoms with Gasteiger partial charge >= 0.3 is 0 Å².